The molecule has 92 valence electrons. The minimum absolute atomic E-state index is 0.484. The Labute approximate surface area is 97.8 Å². The highest BCUT2D eigenvalue weighted by Gasteiger charge is 2.34. The smallest absolute Gasteiger partial charge is 0.0328 e. The van der Waals surface area contributed by atoms with E-state index < -0.39 is 0 Å². The third kappa shape index (κ3) is 3.81. The van der Waals surface area contributed by atoms with Gasteiger partial charge in [-0.05, 0) is 29.1 Å². The van der Waals surface area contributed by atoms with Gasteiger partial charge in [-0.25, -0.2) is 0 Å². The van der Waals surface area contributed by atoms with Crippen molar-refractivity contribution in [3.05, 3.63) is 0 Å². The average molecular weight is 212 g/mol. The minimum atomic E-state index is 0.484. The van der Waals surface area contributed by atoms with Crippen LogP contribution in [0.25, 0.3) is 0 Å². The van der Waals surface area contributed by atoms with Gasteiger partial charge in [-0.15, -0.1) is 0 Å². The SMILES string of the molecule is CCC(C)C(C(C)C)C(C)C(C)(C)CC. The predicted molar refractivity (Wildman–Crippen MR) is 71.0 cm³/mol. The monoisotopic (exact) mass is 212 g/mol. The summed E-state index contributed by atoms with van der Waals surface area (Å²) < 4.78 is 0. The second kappa shape index (κ2) is 5.92. The van der Waals surface area contributed by atoms with Gasteiger partial charge in [-0.1, -0.05) is 68.2 Å². The molecule has 0 saturated heterocycles. The van der Waals surface area contributed by atoms with Crippen LogP contribution in [-0.2, 0) is 0 Å². The Kier molecular flexibility index (Phi) is 5.92. The zero-order chi connectivity index (χ0) is 12.2. The van der Waals surface area contributed by atoms with Crippen molar-refractivity contribution in [1.29, 1.82) is 0 Å². The molecular weight excluding hydrogens is 180 g/mol. The zero-order valence-electron chi connectivity index (χ0n) is 12.2. The highest BCUT2D eigenvalue weighted by Crippen LogP contribution is 2.42. The van der Waals surface area contributed by atoms with Gasteiger partial charge in [0.1, 0.15) is 0 Å². The zero-order valence-corrected chi connectivity index (χ0v) is 12.2. The van der Waals surface area contributed by atoms with Crippen molar-refractivity contribution in [3.63, 3.8) is 0 Å². The van der Waals surface area contributed by atoms with Crippen LogP contribution in [0.5, 0.6) is 0 Å². The third-order valence-electron chi connectivity index (χ3n) is 4.79. The summed E-state index contributed by atoms with van der Waals surface area (Å²) in [4.78, 5) is 0. The van der Waals surface area contributed by atoms with Gasteiger partial charge in [0.25, 0.3) is 0 Å². The lowest BCUT2D eigenvalue weighted by Crippen LogP contribution is -2.34. The van der Waals surface area contributed by atoms with Crippen LogP contribution in [0.2, 0.25) is 0 Å². The van der Waals surface area contributed by atoms with Crippen molar-refractivity contribution in [2.75, 3.05) is 0 Å². The molecule has 0 N–H and O–H groups in total. The van der Waals surface area contributed by atoms with Crippen molar-refractivity contribution >= 4 is 0 Å². The van der Waals surface area contributed by atoms with Crippen LogP contribution in [0.15, 0.2) is 0 Å². The van der Waals surface area contributed by atoms with Crippen molar-refractivity contribution in [2.24, 2.45) is 29.1 Å². The molecule has 0 nitrogen and oxygen atoms in total. The van der Waals surface area contributed by atoms with Gasteiger partial charge >= 0.3 is 0 Å². The molecule has 3 atom stereocenters. The summed E-state index contributed by atoms with van der Waals surface area (Å²) in [6, 6.07) is 0. The first-order valence-electron chi connectivity index (χ1n) is 6.77. The Morgan fingerprint density at radius 2 is 1.40 bits per heavy atom. The fourth-order valence-electron chi connectivity index (χ4n) is 2.84. The maximum absolute atomic E-state index is 2.46. The molecule has 0 saturated carbocycles. The van der Waals surface area contributed by atoms with Gasteiger partial charge in [0.05, 0.1) is 0 Å². The molecule has 0 aliphatic carbocycles. The molecule has 0 heterocycles. The van der Waals surface area contributed by atoms with E-state index in [9.17, 15) is 0 Å². The number of hydrogen-bond donors (Lipinski definition) is 0. The van der Waals surface area contributed by atoms with E-state index in [1.807, 2.05) is 0 Å². The first-order chi connectivity index (χ1) is 6.77. The van der Waals surface area contributed by atoms with Crippen LogP contribution in [0.3, 0.4) is 0 Å². The third-order valence-corrected chi connectivity index (χ3v) is 4.79. The summed E-state index contributed by atoms with van der Waals surface area (Å²) >= 11 is 0. The Bertz CT molecular complexity index is 167. The van der Waals surface area contributed by atoms with E-state index in [0.717, 1.165) is 23.7 Å². The lowest BCUT2D eigenvalue weighted by Gasteiger charge is -2.41. The van der Waals surface area contributed by atoms with E-state index in [1.54, 1.807) is 0 Å². The predicted octanol–water partition coefficient (Wildman–Crippen LogP) is 5.38. The van der Waals surface area contributed by atoms with Crippen molar-refractivity contribution in [2.45, 2.75) is 68.2 Å². The normalized spacial score (nSPS) is 19.0. The lowest BCUT2D eigenvalue weighted by atomic mass is 9.64. The molecule has 0 heteroatoms. The first kappa shape index (κ1) is 15.0. The fourth-order valence-corrected chi connectivity index (χ4v) is 2.84. The number of rotatable bonds is 6. The van der Waals surface area contributed by atoms with Crippen LogP contribution in [0.4, 0.5) is 0 Å². The van der Waals surface area contributed by atoms with E-state index in [2.05, 4.69) is 55.4 Å². The Morgan fingerprint density at radius 1 is 0.933 bits per heavy atom. The largest absolute Gasteiger partial charge is 0.0651 e. The van der Waals surface area contributed by atoms with E-state index in [-0.39, 0.29) is 0 Å². The maximum Gasteiger partial charge on any atom is -0.0328 e. The van der Waals surface area contributed by atoms with Gasteiger partial charge in [0, 0.05) is 0 Å². The Morgan fingerprint density at radius 3 is 1.67 bits per heavy atom. The molecule has 0 aromatic carbocycles. The van der Waals surface area contributed by atoms with Crippen LogP contribution >= 0.6 is 0 Å². The molecule has 0 rings (SSSR count). The van der Waals surface area contributed by atoms with Gasteiger partial charge in [-0.2, -0.15) is 0 Å². The molecule has 0 spiro atoms. The highest BCUT2D eigenvalue weighted by atomic mass is 14.4. The van der Waals surface area contributed by atoms with Gasteiger partial charge in [-0.3, -0.25) is 0 Å². The molecule has 0 aliphatic heterocycles. The number of hydrogen-bond acceptors (Lipinski definition) is 0. The van der Waals surface area contributed by atoms with E-state index in [0.29, 0.717) is 5.41 Å². The van der Waals surface area contributed by atoms with Crippen molar-refractivity contribution in [1.82, 2.24) is 0 Å². The second-order valence-corrected chi connectivity index (χ2v) is 6.34. The standard InChI is InChI=1S/C15H32/c1-9-12(5)14(11(3)4)13(6)15(7,8)10-2/h11-14H,9-10H2,1-8H3. The summed E-state index contributed by atoms with van der Waals surface area (Å²) in [6.45, 7) is 19.2. The molecule has 15 heavy (non-hydrogen) atoms. The Hall–Kier alpha value is 0. The molecule has 0 radical (unpaired) electrons. The molecule has 3 unspecified atom stereocenters. The average Bonchev–Trinajstić information content (AvgIpc) is 2.16. The van der Waals surface area contributed by atoms with E-state index in [1.165, 1.54) is 12.8 Å². The van der Waals surface area contributed by atoms with Gasteiger partial charge in [0.15, 0.2) is 0 Å². The lowest BCUT2D eigenvalue weighted by molar-refractivity contribution is 0.0762. The molecule has 0 fully saturated rings. The molecule has 0 amide bonds. The van der Waals surface area contributed by atoms with Crippen LogP contribution in [0.1, 0.15) is 68.2 Å². The minimum Gasteiger partial charge on any atom is -0.0651 e. The molecule has 0 aromatic heterocycles. The van der Waals surface area contributed by atoms with Crippen LogP contribution in [0, 0.1) is 29.1 Å². The first-order valence-corrected chi connectivity index (χ1v) is 6.77. The van der Waals surface area contributed by atoms with Crippen LogP contribution in [-0.4, -0.2) is 0 Å². The summed E-state index contributed by atoms with van der Waals surface area (Å²) in [5.74, 6) is 3.34. The maximum atomic E-state index is 2.46. The summed E-state index contributed by atoms with van der Waals surface area (Å²) in [6.07, 6.45) is 2.60. The quantitative estimate of drug-likeness (QED) is 0.554. The van der Waals surface area contributed by atoms with Gasteiger partial charge in [0.2, 0.25) is 0 Å². The summed E-state index contributed by atoms with van der Waals surface area (Å²) in [5, 5.41) is 0. The topological polar surface area (TPSA) is 0 Å². The van der Waals surface area contributed by atoms with Gasteiger partial charge < -0.3 is 0 Å². The highest BCUT2D eigenvalue weighted by molar-refractivity contribution is 4.83. The fraction of sp³-hybridized carbons (Fsp3) is 1.00. The summed E-state index contributed by atoms with van der Waals surface area (Å²) in [7, 11) is 0. The molecule has 0 aliphatic rings. The molecular formula is C15H32. The van der Waals surface area contributed by atoms with Crippen LogP contribution < -0.4 is 0 Å². The van der Waals surface area contributed by atoms with E-state index in [4.69, 9.17) is 0 Å². The van der Waals surface area contributed by atoms with Crippen molar-refractivity contribution in [3.8, 4) is 0 Å². The molecule has 0 bridgehead atoms. The van der Waals surface area contributed by atoms with Crippen molar-refractivity contribution < 1.29 is 0 Å². The Balaban J connectivity index is 4.77. The summed E-state index contributed by atoms with van der Waals surface area (Å²) in [5.41, 5.74) is 0.484. The second-order valence-electron chi connectivity index (χ2n) is 6.34. The molecule has 0 aromatic rings. The van der Waals surface area contributed by atoms with E-state index >= 15 is 0 Å².